The molecule has 7 heteroatoms. The second-order valence-electron chi connectivity index (χ2n) is 3.43. The maximum absolute atomic E-state index is 11.0. The zero-order chi connectivity index (χ0) is 13.2. The van der Waals surface area contributed by atoms with Crippen molar-refractivity contribution in [2.75, 3.05) is 0 Å². The molecule has 5 nitrogen and oxygen atoms in total. The summed E-state index contributed by atoms with van der Waals surface area (Å²) in [5.74, 6) is 0.819. The lowest BCUT2D eigenvalue weighted by molar-refractivity contribution is 0.462. The van der Waals surface area contributed by atoms with E-state index in [0.717, 1.165) is 6.20 Å². The Labute approximate surface area is 109 Å². The summed E-state index contributed by atoms with van der Waals surface area (Å²) in [6.07, 6.45) is 1.14. The highest BCUT2D eigenvalue weighted by atomic mass is 35.5. The van der Waals surface area contributed by atoms with Crippen LogP contribution in [0.1, 0.15) is 0 Å². The first kappa shape index (κ1) is 12.8. The van der Waals surface area contributed by atoms with Crippen LogP contribution in [0.5, 0.6) is 11.6 Å². The van der Waals surface area contributed by atoms with E-state index in [9.17, 15) is 8.42 Å². The zero-order valence-corrected chi connectivity index (χ0v) is 10.6. The van der Waals surface area contributed by atoms with Crippen LogP contribution in [0.3, 0.4) is 0 Å². The van der Waals surface area contributed by atoms with Crippen molar-refractivity contribution in [3.8, 4) is 11.6 Å². The quantitative estimate of drug-likeness (QED) is 0.936. The van der Waals surface area contributed by atoms with E-state index in [4.69, 9.17) is 21.5 Å². The molecular weight excluding hydrogens is 276 g/mol. The highest BCUT2D eigenvalue weighted by molar-refractivity contribution is 7.89. The van der Waals surface area contributed by atoms with Crippen LogP contribution in [-0.4, -0.2) is 13.4 Å². The molecule has 0 spiro atoms. The first-order valence-corrected chi connectivity index (χ1v) is 6.80. The standard InChI is InChI=1S/C11H9ClN2O3S/c12-8-1-3-9(4-2-8)17-11-6-5-10(7-14-11)18(13,15)16/h1-7H,(H2,13,15,16). The van der Waals surface area contributed by atoms with Crippen LogP contribution >= 0.6 is 11.6 Å². The number of hydrogen-bond acceptors (Lipinski definition) is 4. The first-order valence-electron chi connectivity index (χ1n) is 4.87. The predicted octanol–water partition coefficient (Wildman–Crippen LogP) is 2.17. The predicted molar refractivity (Wildman–Crippen MR) is 67.1 cm³/mol. The van der Waals surface area contributed by atoms with Crippen molar-refractivity contribution in [2.45, 2.75) is 4.90 Å². The van der Waals surface area contributed by atoms with Gasteiger partial charge in [-0.05, 0) is 30.3 Å². The van der Waals surface area contributed by atoms with Gasteiger partial charge in [0.25, 0.3) is 0 Å². The number of halogens is 1. The van der Waals surface area contributed by atoms with Gasteiger partial charge in [-0.15, -0.1) is 0 Å². The zero-order valence-electron chi connectivity index (χ0n) is 9.08. The van der Waals surface area contributed by atoms with Gasteiger partial charge in [0.1, 0.15) is 10.6 Å². The Morgan fingerprint density at radius 2 is 1.78 bits per heavy atom. The monoisotopic (exact) mass is 284 g/mol. The van der Waals surface area contributed by atoms with Gasteiger partial charge in [0.2, 0.25) is 15.9 Å². The molecule has 1 aromatic carbocycles. The molecule has 0 unspecified atom stereocenters. The summed E-state index contributed by atoms with van der Waals surface area (Å²) in [7, 11) is -3.73. The third-order valence-electron chi connectivity index (χ3n) is 2.07. The molecule has 2 N–H and O–H groups in total. The fourth-order valence-electron chi connectivity index (χ4n) is 1.22. The molecule has 0 atom stereocenters. The second-order valence-corrected chi connectivity index (χ2v) is 5.43. The summed E-state index contributed by atoms with van der Waals surface area (Å²) in [5.41, 5.74) is 0. The Kier molecular flexibility index (Phi) is 3.51. The van der Waals surface area contributed by atoms with Crippen molar-refractivity contribution in [1.29, 1.82) is 0 Å². The van der Waals surface area contributed by atoms with Crippen LogP contribution in [0, 0.1) is 0 Å². The van der Waals surface area contributed by atoms with Gasteiger partial charge in [-0.25, -0.2) is 18.5 Å². The molecule has 0 amide bonds. The Balaban J connectivity index is 2.18. The average molecular weight is 285 g/mol. The number of nitrogens with two attached hydrogens (primary N) is 1. The van der Waals surface area contributed by atoms with E-state index in [1.165, 1.54) is 12.1 Å². The Hall–Kier alpha value is -1.63. The number of nitrogens with zero attached hydrogens (tertiary/aromatic N) is 1. The van der Waals surface area contributed by atoms with Gasteiger partial charge in [-0.2, -0.15) is 0 Å². The van der Waals surface area contributed by atoms with Crippen molar-refractivity contribution >= 4 is 21.6 Å². The molecule has 18 heavy (non-hydrogen) atoms. The molecular formula is C11H9ClN2O3S. The van der Waals surface area contributed by atoms with Crippen molar-refractivity contribution in [1.82, 2.24) is 4.98 Å². The summed E-state index contributed by atoms with van der Waals surface area (Å²) < 4.78 is 27.4. The average Bonchev–Trinajstić information content (AvgIpc) is 2.32. The molecule has 0 saturated heterocycles. The Morgan fingerprint density at radius 3 is 2.28 bits per heavy atom. The Morgan fingerprint density at radius 1 is 1.11 bits per heavy atom. The van der Waals surface area contributed by atoms with E-state index in [1.807, 2.05) is 0 Å². The van der Waals surface area contributed by atoms with Crippen molar-refractivity contribution in [2.24, 2.45) is 5.14 Å². The number of benzene rings is 1. The highest BCUT2D eigenvalue weighted by Crippen LogP contribution is 2.21. The fourth-order valence-corrected chi connectivity index (χ4v) is 1.80. The number of rotatable bonds is 3. The number of aromatic nitrogens is 1. The van der Waals surface area contributed by atoms with Gasteiger partial charge >= 0.3 is 0 Å². The molecule has 1 aromatic heterocycles. The van der Waals surface area contributed by atoms with Gasteiger partial charge in [-0.3, -0.25) is 0 Å². The third-order valence-corrected chi connectivity index (χ3v) is 3.22. The molecule has 2 aromatic rings. The van der Waals surface area contributed by atoms with Crippen molar-refractivity contribution in [3.63, 3.8) is 0 Å². The summed E-state index contributed by atoms with van der Waals surface area (Å²) in [6.45, 7) is 0. The maximum Gasteiger partial charge on any atom is 0.239 e. The summed E-state index contributed by atoms with van der Waals surface area (Å²) in [4.78, 5) is 3.78. The van der Waals surface area contributed by atoms with Crippen LogP contribution < -0.4 is 9.88 Å². The van der Waals surface area contributed by atoms with E-state index < -0.39 is 10.0 Å². The summed E-state index contributed by atoms with van der Waals surface area (Å²) >= 11 is 5.73. The number of primary sulfonamides is 1. The molecule has 1 heterocycles. The lowest BCUT2D eigenvalue weighted by Gasteiger charge is -2.05. The van der Waals surface area contributed by atoms with Crippen LogP contribution in [-0.2, 0) is 10.0 Å². The number of hydrogen-bond donors (Lipinski definition) is 1. The van der Waals surface area contributed by atoms with E-state index in [-0.39, 0.29) is 10.8 Å². The molecule has 0 aliphatic carbocycles. The van der Waals surface area contributed by atoms with Gasteiger partial charge in [0.05, 0.1) is 6.20 Å². The molecule has 0 fully saturated rings. The maximum atomic E-state index is 11.0. The van der Waals surface area contributed by atoms with Crippen LogP contribution in [0.2, 0.25) is 5.02 Å². The normalized spacial score (nSPS) is 11.2. The smallest absolute Gasteiger partial charge is 0.239 e. The van der Waals surface area contributed by atoms with Crippen molar-refractivity contribution in [3.05, 3.63) is 47.6 Å². The van der Waals surface area contributed by atoms with Gasteiger partial charge in [0, 0.05) is 11.1 Å². The minimum Gasteiger partial charge on any atom is -0.439 e. The minimum absolute atomic E-state index is 0.0639. The summed E-state index contributed by atoms with van der Waals surface area (Å²) in [6, 6.07) is 9.46. The van der Waals surface area contributed by atoms with E-state index in [0.29, 0.717) is 10.8 Å². The second kappa shape index (κ2) is 4.93. The highest BCUT2D eigenvalue weighted by Gasteiger charge is 2.08. The topological polar surface area (TPSA) is 82.3 Å². The summed E-state index contributed by atoms with van der Waals surface area (Å²) in [5, 5.41) is 5.55. The first-order chi connectivity index (χ1) is 8.45. The number of ether oxygens (including phenoxy) is 1. The van der Waals surface area contributed by atoms with Gasteiger partial charge in [0.15, 0.2) is 0 Å². The van der Waals surface area contributed by atoms with E-state index in [1.54, 1.807) is 24.3 Å². The van der Waals surface area contributed by atoms with Crippen LogP contribution in [0.15, 0.2) is 47.5 Å². The van der Waals surface area contributed by atoms with Crippen LogP contribution in [0.25, 0.3) is 0 Å². The molecule has 0 radical (unpaired) electrons. The van der Waals surface area contributed by atoms with Gasteiger partial charge in [-0.1, -0.05) is 11.6 Å². The Bertz CT molecular complexity index is 639. The third kappa shape index (κ3) is 3.19. The van der Waals surface area contributed by atoms with Crippen LogP contribution in [0.4, 0.5) is 0 Å². The lowest BCUT2D eigenvalue weighted by atomic mass is 10.3. The number of pyridine rings is 1. The SMILES string of the molecule is NS(=O)(=O)c1ccc(Oc2ccc(Cl)cc2)nc1. The minimum atomic E-state index is -3.73. The van der Waals surface area contributed by atoms with Gasteiger partial charge < -0.3 is 4.74 Å². The molecule has 0 aliphatic rings. The van der Waals surface area contributed by atoms with E-state index >= 15 is 0 Å². The molecule has 2 rings (SSSR count). The molecule has 94 valence electrons. The molecule has 0 saturated carbocycles. The largest absolute Gasteiger partial charge is 0.439 e. The molecule has 0 bridgehead atoms. The number of sulfonamides is 1. The van der Waals surface area contributed by atoms with E-state index in [2.05, 4.69) is 4.98 Å². The lowest BCUT2D eigenvalue weighted by Crippen LogP contribution is -2.12. The van der Waals surface area contributed by atoms with Crippen molar-refractivity contribution < 1.29 is 13.2 Å². The molecule has 0 aliphatic heterocycles. The fraction of sp³-hybridized carbons (Fsp3) is 0.